The van der Waals surface area contributed by atoms with Crippen molar-refractivity contribution >= 4 is 18.1 Å². The van der Waals surface area contributed by atoms with Gasteiger partial charge in [-0.3, -0.25) is 0 Å². The molecule has 0 heterocycles. The van der Waals surface area contributed by atoms with Crippen LogP contribution in [0.25, 0.3) is 0 Å². The molecule has 0 saturated heterocycles. The average molecular weight is 226 g/mol. The number of aliphatic hydroxyl groups is 1. The van der Waals surface area contributed by atoms with Gasteiger partial charge in [0.2, 0.25) is 0 Å². The second-order valence-electron chi connectivity index (χ2n) is 3.58. The minimum atomic E-state index is -0.564. The van der Waals surface area contributed by atoms with Crippen LogP contribution in [0.3, 0.4) is 0 Å². The summed E-state index contributed by atoms with van der Waals surface area (Å²) >= 11 is 0. The van der Waals surface area contributed by atoms with Gasteiger partial charge in [0.25, 0.3) is 0 Å². The number of aliphatic hydroxyl groups excluding tert-OH is 1. The fraction of sp³-hybridized carbons (Fsp3) is 0.875. The molecule has 0 rings (SSSR count). The summed E-state index contributed by atoms with van der Waals surface area (Å²) in [4.78, 5) is 0. The topological polar surface area (TPSA) is 90.9 Å². The van der Waals surface area contributed by atoms with Crippen molar-refractivity contribution in [1.82, 2.24) is 5.32 Å². The van der Waals surface area contributed by atoms with Crippen molar-refractivity contribution in [3.63, 3.8) is 0 Å². The molecular weight excluding hydrogens is 206 g/mol. The van der Waals surface area contributed by atoms with Gasteiger partial charge in [-0.1, -0.05) is 5.16 Å². The van der Waals surface area contributed by atoms with Crippen LogP contribution >= 0.6 is 12.4 Å². The van der Waals surface area contributed by atoms with Crippen molar-refractivity contribution in [1.29, 1.82) is 0 Å². The standard InChI is InChI=1S/C8H19N3O2.ClH/c1-6(11-13)8(2,3)10-5-7(12)4-9;/h7,10,12-13H,4-5,9H2,1-3H3;1H. The molecule has 0 radical (unpaired) electrons. The number of nitrogens with one attached hydrogen (secondary N) is 1. The number of oxime groups is 1. The molecule has 0 saturated carbocycles. The van der Waals surface area contributed by atoms with Crippen LogP contribution in [0, 0.1) is 0 Å². The third-order valence-corrected chi connectivity index (χ3v) is 2.11. The van der Waals surface area contributed by atoms with Crippen LogP contribution < -0.4 is 11.1 Å². The van der Waals surface area contributed by atoms with Gasteiger partial charge in [-0.05, 0) is 20.8 Å². The van der Waals surface area contributed by atoms with Crippen LogP contribution in [0.15, 0.2) is 5.16 Å². The van der Waals surface area contributed by atoms with Gasteiger partial charge in [0.15, 0.2) is 0 Å². The smallest absolute Gasteiger partial charge is 0.0786 e. The quantitative estimate of drug-likeness (QED) is 0.300. The van der Waals surface area contributed by atoms with E-state index >= 15 is 0 Å². The lowest BCUT2D eigenvalue weighted by molar-refractivity contribution is 0.172. The highest BCUT2D eigenvalue weighted by Gasteiger charge is 2.21. The van der Waals surface area contributed by atoms with E-state index in [1.165, 1.54) is 0 Å². The van der Waals surface area contributed by atoms with Crippen molar-refractivity contribution in [2.75, 3.05) is 13.1 Å². The number of hydrogen-bond donors (Lipinski definition) is 4. The SMILES string of the molecule is CC(=NO)C(C)(C)NCC(O)CN.Cl. The van der Waals surface area contributed by atoms with Gasteiger partial charge in [-0.25, -0.2) is 0 Å². The van der Waals surface area contributed by atoms with E-state index < -0.39 is 11.6 Å². The first kappa shape index (κ1) is 16.1. The van der Waals surface area contributed by atoms with Crippen molar-refractivity contribution in [2.24, 2.45) is 10.9 Å². The highest BCUT2D eigenvalue weighted by Crippen LogP contribution is 2.04. The zero-order valence-electron chi connectivity index (χ0n) is 8.82. The minimum Gasteiger partial charge on any atom is -0.411 e. The molecule has 0 aliphatic rings. The Bertz CT molecular complexity index is 185. The summed E-state index contributed by atoms with van der Waals surface area (Å²) in [5.41, 5.74) is 5.38. The summed E-state index contributed by atoms with van der Waals surface area (Å²) in [5, 5.41) is 23.9. The summed E-state index contributed by atoms with van der Waals surface area (Å²) in [6, 6.07) is 0. The zero-order chi connectivity index (χ0) is 10.5. The molecule has 0 amide bonds. The molecule has 0 aromatic heterocycles. The van der Waals surface area contributed by atoms with Crippen molar-refractivity contribution < 1.29 is 10.3 Å². The van der Waals surface area contributed by atoms with E-state index in [-0.39, 0.29) is 19.0 Å². The van der Waals surface area contributed by atoms with E-state index in [0.29, 0.717) is 12.3 Å². The molecule has 1 unspecified atom stereocenters. The van der Waals surface area contributed by atoms with Crippen LogP contribution in [0.1, 0.15) is 20.8 Å². The lowest BCUT2D eigenvalue weighted by Crippen LogP contribution is -2.49. The van der Waals surface area contributed by atoms with E-state index in [0.717, 1.165) is 0 Å². The first-order chi connectivity index (χ1) is 5.94. The van der Waals surface area contributed by atoms with Gasteiger partial charge in [0.05, 0.1) is 17.4 Å². The maximum absolute atomic E-state index is 9.19. The first-order valence-corrected chi connectivity index (χ1v) is 4.26. The van der Waals surface area contributed by atoms with Gasteiger partial charge in [-0.15, -0.1) is 12.4 Å². The highest BCUT2D eigenvalue weighted by molar-refractivity contribution is 5.90. The molecule has 14 heavy (non-hydrogen) atoms. The zero-order valence-corrected chi connectivity index (χ0v) is 9.64. The van der Waals surface area contributed by atoms with Crippen LogP contribution in [-0.2, 0) is 0 Å². The molecule has 0 fully saturated rings. The van der Waals surface area contributed by atoms with E-state index in [9.17, 15) is 5.11 Å². The third-order valence-electron chi connectivity index (χ3n) is 2.11. The Morgan fingerprint density at radius 3 is 2.43 bits per heavy atom. The molecule has 1 atom stereocenters. The van der Waals surface area contributed by atoms with E-state index in [2.05, 4.69) is 10.5 Å². The third kappa shape index (κ3) is 5.39. The maximum Gasteiger partial charge on any atom is 0.0786 e. The summed E-state index contributed by atoms with van der Waals surface area (Å²) < 4.78 is 0. The Kier molecular flexibility index (Phi) is 8.04. The molecule has 5 nitrogen and oxygen atoms in total. The molecule has 0 bridgehead atoms. The molecule has 5 N–H and O–H groups in total. The Morgan fingerprint density at radius 1 is 1.57 bits per heavy atom. The summed E-state index contributed by atoms with van der Waals surface area (Å²) in [5.74, 6) is 0. The van der Waals surface area contributed by atoms with Crippen LogP contribution in [0.2, 0.25) is 0 Å². The fourth-order valence-corrected chi connectivity index (χ4v) is 0.709. The van der Waals surface area contributed by atoms with Crippen LogP contribution in [-0.4, -0.2) is 40.8 Å². The Hall–Kier alpha value is -0.360. The largest absolute Gasteiger partial charge is 0.411 e. The molecule has 86 valence electrons. The second-order valence-corrected chi connectivity index (χ2v) is 3.58. The van der Waals surface area contributed by atoms with Crippen molar-refractivity contribution in [3.8, 4) is 0 Å². The number of hydrogen-bond acceptors (Lipinski definition) is 5. The van der Waals surface area contributed by atoms with E-state index in [4.69, 9.17) is 10.9 Å². The van der Waals surface area contributed by atoms with Gasteiger partial charge in [-0.2, -0.15) is 0 Å². The van der Waals surface area contributed by atoms with Gasteiger partial charge >= 0.3 is 0 Å². The fourth-order valence-electron chi connectivity index (χ4n) is 0.709. The average Bonchev–Trinajstić information content (AvgIpc) is 2.12. The number of nitrogens with zero attached hydrogens (tertiary/aromatic N) is 1. The van der Waals surface area contributed by atoms with Gasteiger partial charge < -0.3 is 21.4 Å². The van der Waals surface area contributed by atoms with Crippen molar-refractivity contribution in [3.05, 3.63) is 0 Å². The van der Waals surface area contributed by atoms with Crippen LogP contribution in [0.5, 0.6) is 0 Å². The molecule has 0 spiro atoms. The Balaban J connectivity index is 0. The van der Waals surface area contributed by atoms with Gasteiger partial charge in [0.1, 0.15) is 0 Å². The summed E-state index contributed by atoms with van der Waals surface area (Å²) in [7, 11) is 0. The predicted molar refractivity (Wildman–Crippen MR) is 59.3 cm³/mol. The highest BCUT2D eigenvalue weighted by atomic mass is 35.5. The van der Waals surface area contributed by atoms with Gasteiger partial charge in [0, 0.05) is 13.1 Å². The lowest BCUT2D eigenvalue weighted by Gasteiger charge is -2.26. The maximum atomic E-state index is 9.19. The molecular formula is C8H20ClN3O2. The normalized spacial score (nSPS) is 14.8. The number of halogens is 1. The number of nitrogens with two attached hydrogens (primary N) is 1. The molecule has 0 aromatic rings. The van der Waals surface area contributed by atoms with E-state index in [1.807, 2.05) is 13.8 Å². The molecule has 0 aromatic carbocycles. The van der Waals surface area contributed by atoms with E-state index in [1.54, 1.807) is 6.92 Å². The summed E-state index contributed by atoms with van der Waals surface area (Å²) in [6.45, 7) is 6.05. The van der Waals surface area contributed by atoms with Crippen LogP contribution in [0.4, 0.5) is 0 Å². The predicted octanol–water partition coefficient (Wildman–Crippen LogP) is -0.0539. The monoisotopic (exact) mass is 225 g/mol. The molecule has 0 aliphatic heterocycles. The lowest BCUT2D eigenvalue weighted by atomic mass is 9.99. The first-order valence-electron chi connectivity index (χ1n) is 4.26. The molecule has 6 heteroatoms. The second kappa shape index (κ2) is 7.00. The Morgan fingerprint density at radius 2 is 2.07 bits per heavy atom. The number of rotatable bonds is 5. The minimum absolute atomic E-state index is 0. The summed E-state index contributed by atoms with van der Waals surface area (Å²) in [6.07, 6.45) is -0.564. The van der Waals surface area contributed by atoms with Crippen molar-refractivity contribution in [2.45, 2.75) is 32.4 Å². The Labute approximate surface area is 90.8 Å². The molecule has 0 aliphatic carbocycles. The number of β-amino-alcohol motifs (C(OH)–C–C–N with tert-alkyl or cyclic N) is 1.